The molecular formula is C15H13Cl3N2O. The molecule has 2 aromatic carbocycles. The Balaban J connectivity index is 2.15. The first-order valence-electron chi connectivity index (χ1n) is 6.13. The second-order valence-corrected chi connectivity index (χ2v) is 5.87. The van der Waals surface area contributed by atoms with Gasteiger partial charge in [0.05, 0.1) is 20.8 Å². The Morgan fingerprint density at radius 1 is 1.05 bits per heavy atom. The molecule has 21 heavy (non-hydrogen) atoms. The van der Waals surface area contributed by atoms with Gasteiger partial charge in [0.25, 0.3) is 5.91 Å². The van der Waals surface area contributed by atoms with E-state index in [9.17, 15) is 4.79 Å². The molecule has 0 saturated carbocycles. The molecule has 0 saturated heterocycles. The van der Waals surface area contributed by atoms with Crippen molar-refractivity contribution < 1.29 is 4.79 Å². The van der Waals surface area contributed by atoms with E-state index in [4.69, 9.17) is 40.5 Å². The highest BCUT2D eigenvalue weighted by atomic mass is 35.5. The number of carbonyl (C=O) groups excluding carboxylic acids is 1. The van der Waals surface area contributed by atoms with Gasteiger partial charge in [-0.2, -0.15) is 0 Å². The number of rotatable bonds is 3. The summed E-state index contributed by atoms with van der Waals surface area (Å²) in [5.41, 5.74) is 7.45. The van der Waals surface area contributed by atoms with E-state index in [1.165, 1.54) is 0 Å². The predicted molar refractivity (Wildman–Crippen MR) is 88.1 cm³/mol. The van der Waals surface area contributed by atoms with Gasteiger partial charge in [0.2, 0.25) is 0 Å². The zero-order valence-corrected chi connectivity index (χ0v) is 13.5. The summed E-state index contributed by atoms with van der Waals surface area (Å²) in [5.74, 6) is -0.150. The Morgan fingerprint density at radius 2 is 1.76 bits per heavy atom. The number of amides is 1. The Labute approximate surface area is 138 Å². The minimum Gasteiger partial charge on any atom is -0.398 e. The van der Waals surface area contributed by atoms with Crippen molar-refractivity contribution >= 4 is 46.4 Å². The zero-order chi connectivity index (χ0) is 15.6. The highest BCUT2D eigenvalue weighted by Gasteiger charge is 2.13. The van der Waals surface area contributed by atoms with E-state index in [2.05, 4.69) is 0 Å². The maximum atomic E-state index is 12.3. The van der Waals surface area contributed by atoms with Crippen molar-refractivity contribution in [3.05, 3.63) is 62.6 Å². The number of halogens is 3. The first kappa shape index (κ1) is 16.0. The molecule has 3 nitrogen and oxygen atoms in total. The number of nitrogen functional groups attached to an aromatic ring is 1. The highest BCUT2D eigenvalue weighted by molar-refractivity contribution is 6.42. The van der Waals surface area contributed by atoms with Crippen LogP contribution in [-0.2, 0) is 6.54 Å². The van der Waals surface area contributed by atoms with Crippen LogP contribution in [0.5, 0.6) is 0 Å². The number of benzene rings is 2. The summed E-state index contributed by atoms with van der Waals surface area (Å²) < 4.78 is 0. The summed E-state index contributed by atoms with van der Waals surface area (Å²) in [7, 11) is 1.70. The third-order valence-corrected chi connectivity index (χ3v) is 4.06. The molecule has 0 aromatic heterocycles. The van der Waals surface area contributed by atoms with Crippen molar-refractivity contribution in [2.75, 3.05) is 12.8 Å². The molecule has 0 bridgehead atoms. The summed E-state index contributed by atoms with van der Waals surface area (Å²) in [6.07, 6.45) is 0. The first-order valence-corrected chi connectivity index (χ1v) is 7.26. The van der Waals surface area contributed by atoms with Crippen LogP contribution in [0.1, 0.15) is 15.9 Å². The summed E-state index contributed by atoms with van der Waals surface area (Å²) >= 11 is 17.8. The van der Waals surface area contributed by atoms with E-state index in [0.717, 1.165) is 5.56 Å². The van der Waals surface area contributed by atoms with E-state index < -0.39 is 0 Å². The van der Waals surface area contributed by atoms with Crippen LogP contribution in [0.25, 0.3) is 0 Å². The molecule has 2 N–H and O–H groups in total. The van der Waals surface area contributed by atoms with Crippen molar-refractivity contribution in [2.45, 2.75) is 6.54 Å². The van der Waals surface area contributed by atoms with E-state index >= 15 is 0 Å². The average molecular weight is 344 g/mol. The lowest BCUT2D eigenvalue weighted by atomic mass is 10.1. The lowest BCUT2D eigenvalue weighted by Crippen LogP contribution is -2.26. The Morgan fingerprint density at radius 3 is 2.38 bits per heavy atom. The topological polar surface area (TPSA) is 46.3 Å². The van der Waals surface area contributed by atoms with Crippen LogP contribution in [0.15, 0.2) is 36.4 Å². The first-order chi connectivity index (χ1) is 9.88. The number of nitrogens with two attached hydrogens (primary N) is 1. The van der Waals surface area contributed by atoms with Gasteiger partial charge in [-0.25, -0.2) is 0 Å². The zero-order valence-electron chi connectivity index (χ0n) is 11.2. The quantitative estimate of drug-likeness (QED) is 0.834. The van der Waals surface area contributed by atoms with Crippen LogP contribution in [0, 0.1) is 0 Å². The van der Waals surface area contributed by atoms with E-state index in [0.29, 0.717) is 32.9 Å². The molecular weight excluding hydrogens is 331 g/mol. The summed E-state index contributed by atoms with van der Waals surface area (Å²) in [5, 5.41) is 1.31. The minimum atomic E-state index is -0.150. The fourth-order valence-electron chi connectivity index (χ4n) is 1.86. The van der Waals surface area contributed by atoms with Crippen molar-refractivity contribution in [1.82, 2.24) is 4.90 Å². The Kier molecular flexibility index (Phi) is 4.99. The van der Waals surface area contributed by atoms with Gasteiger partial charge in [-0.05, 0) is 35.9 Å². The maximum Gasteiger partial charge on any atom is 0.253 e. The van der Waals surface area contributed by atoms with E-state index in [1.807, 2.05) is 6.07 Å². The highest BCUT2D eigenvalue weighted by Crippen LogP contribution is 2.24. The van der Waals surface area contributed by atoms with Crippen LogP contribution >= 0.6 is 34.8 Å². The molecule has 0 spiro atoms. The van der Waals surface area contributed by atoms with Crippen molar-refractivity contribution in [3.8, 4) is 0 Å². The van der Waals surface area contributed by atoms with E-state index in [1.54, 1.807) is 42.3 Å². The SMILES string of the molecule is CN(Cc1ccc(Cl)c(Cl)c1)C(=O)c1ccc(N)c(Cl)c1. The lowest BCUT2D eigenvalue weighted by molar-refractivity contribution is 0.0785. The monoisotopic (exact) mass is 342 g/mol. The molecule has 0 unspecified atom stereocenters. The molecule has 6 heteroatoms. The van der Waals surface area contributed by atoms with E-state index in [-0.39, 0.29) is 5.91 Å². The molecule has 0 heterocycles. The van der Waals surface area contributed by atoms with Crippen LogP contribution in [0.3, 0.4) is 0 Å². The van der Waals surface area contributed by atoms with Crippen LogP contribution < -0.4 is 5.73 Å². The van der Waals surface area contributed by atoms with Crippen LogP contribution in [0.4, 0.5) is 5.69 Å². The number of hydrogen-bond acceptors (Lipinski definition) is 2. The molecule has 0 atom stereocenters. The fourth-order valence-corrected chi connectivity index (χ4v) is 2.37. The van der Waals surface area contributed by atoms with Gasteiger partial charge in [0.1, 0.15) is 0 Å². The Hall–Kier alpha value is -1.42. The third-order valence-electron chi connectivity index (χ3n) is 3.00. The standard InChI is InChI=1S/C15H13Cl3N2O/c1-20(8-9-2-4-11(16)12(17)6-9)15(21)10-3-5-14(19)13(18)7-10/h2-7H,8,19H2,1H3. The minimum absolute atomic E-state index is 0.150. The number of nitrogens with zero attached hydrogens (tertiary/aromatic N) is 1. The normalized spacial score (nSPS) is 10.5. The molecule has 2 rings (SSSR count). The largest absolute Gasteiger partial charge is 0.398 e. The molecule has 110 valence electrons. The summed E-state index contributed by atoms with van der Waals surface area (Å²) in [6, 6.07) is 10.1. The smallest absolute Gasteiger partial charge is 0.253 e. The lowest BCUT2D eigenvalue weighted by Gasteiger charge is -2.18. The second-order valence-electron chi connectivity index (χ2n) is 4.65. The number of anilines is 1. The van der Waals surface area contributed by atoms with Crippen LogP contribution in [0.2, 0.25) is 15.1 Å². The summed E-state index contributed by atoms with van der Waals surface area (Å²) in [6.45, 7) is 0.414. The molecule has 1 amide bonds. The number of hydrogen-bond donors (Lipinski definition) is 1. The maximum absolute atomic E-state index is 12.3. The fraction of sp³-hybridized carbons (Fsp3) is 0.133. The number of carbonyl (C=O) groups is 1. The molecule has 2 aromatic rings. The predicted octanol–water partition coefficient (Wildman–Crippen LogP) is 4.50. The van der Waals surface area contributed by atoms with Gasteiger partial charge in [0.15, 0.2) is 0 Å². The molecule has 0 radical (unpaired) electrons. The third kappa shape index (κ3) is 3.82. The van der Waals surface area contributed by atoms with Crippen molar-refractivity contribution in [2.24, 2.45) is 0 Å². The molecule has 0 aliphatic carbocycles. The van der Waals surface area contributed by atoms with Gasteiger partial charge in [-0.15, -0.1) is 0 Å². The second kappa shape index (κ2) is 6.56. The van der Waals surface area contributed by atoms with Crippen molar-refractivity contribution in [3.63, 3.8) is 0 Å². The molecule has 0 fully saturated rings. The molecule has 0 aliphatic rings. The van der Waals surface area contributed by atoms with Crippen LogP contribution in [-0.4, -0.2) is 17.9 Å². The summed E-state index contributed by atoms with van der Waals surface area (Å²) in [4.78, 5) is 13.9. The van der Waals surface area contributed by atoms with Gasteiger partial charge in [0, 0.05) is 19.2 Å². The molecule has 0 aliphatic heterocycles. The van der Waals surface area contributed by atoms with Gasteiger partial charge >= 0.3 is 0 Å². The van der Waals surface area contributed by atoms with Gasteiger partial charge < -0.3 is 10.6 Å². The average Bonchev–Trinajstić information content (AvgIpc) is 2.45. The van der Waals surface area contributed by atoms with Gasteiger partial charge in [-0.1, -0.05) is 40.9 Å². The Bertz CT molecular complexity index is 689. The van der Waals surface area contributed by atoms with Crippen molar-refractivity contribution in [1.29, 1.82) is 0 Å². The van der Waals surface area contributed by atoms with Gasteiger partial charge in [-0.3, -0.25) is 4.79 Å².